The number of fused-ring (bicyclic) bond motifs is 1. The van der Waals surface area contributed by atoms with Gasteiger partial charge >= 0.3 is 0 Å². The van der Waals surface area contributed by atoms with E-state index >= 15 is 0 Å². The Labute approximate surface area is 123 Å². The number of aromatic nitrogens is 2. The van der Waals surface area contributed by atoms with E-state index in [2.05, 4.69) is 27.5 Å². The van der Waals surface area contributed by atoms with Crippen LogP contribution in [-0.4, -0.2) is 23.3 Å². The topological polar surface area (TPSA) is 68.3 Å². The highest BCUT2D eigenvalue weighted by Gasteiger charge is 2.13. The fraction of sp³-hybridized carbons (Fsp3) is 0.333. The molecular weight excluding hydrogens is 268 g/mol. The molecule has 6 heteroatoms. The molecule has 2 N–H and O–H groups in total. The maximum Gasteiger partial charge on any atom is 0.231 e. The Hall–Kier alpha value is -2.50. The van der Waals surface area contributed by atoms with E-state index in [4.69, 9.17) is 9.47 Å². The molecule has 1 aliphatic rings. The maximum atomic E-state index is 5.37. The van der Waals surface area contributed by atoms with Crippen molar-refractivity contribution in [2.45, 2.75) is 20.3 Å². The predicted molar refractivity (Wildman–Crippen MR) is 81.4 cm³/mol. The van der Waals surface area contributed by atoms with Crippen LogP contribution in [0.2, 0.25) is 0 Å². The number of ether oxygens (including phenoxy) is 2. The van der Waals surface area contributed by atoms with Crippen LogP contribution in [0.1, 0.15) is 19.0 Å². The molecule has 0 radical (unpaired) electrons. The zero-order valence-electron chi connectivity index (χ0n) is 12.1. The lowest BCUT2D eigenvalue weighted by atomic mass is 10.2. The van der Waals surface area contributed by atoms with Crippen LogP contribution in [0.25, 0.3) is 0 Å². The molecule has 0 saturated carbocycles. The van der Waals surface area contributed by atoms with Gasteiger partial charge in [-0.3, -0.25) is 0 Å². The summed E-state index contributed by atoms with van der Waals surface area (Å²) in [5, 5.41) is 6.46. The molecule has 6 nitrogen and oxygen atoms in total. The predicted octanol–water partition coefficient (Wildman–Crippen LogP) is 3.08. The van der Waals surface area contributed by atoms with Crippen LogP contribution in [-0.2, 0) is 0 Å². The molecule has 3 rings (SSSR count). The zero-order valence-corrected chi connectivity index (χ0v) is 12.1. The second kappa shape index (κ2) is 5.87. The first-order chi connectivity index (χ1) is 10.2. The Morgan fingerprint density at radius 2 is 2.00 bits per heavy atom. The first-order valence-electron chi connectivity index (χ1n) is 7.01. The quantitative estimate of drug-likeness (QED) is 0.880. The summed E-state index contributed by atoms with van der Waals surface area (Å²) in [6.45, 7) is 5.18. The number of nitrogens with one attached hydrogen (secondary N) is 2. The van der Waals surface area contributed by atoms with Gasteiger partial charge in [0, 0.05) is 30.1 Å². The standard InChI is InChI=1S/C15H18N4O2/c1-3-6-16-15-17-10(2)7-14(19-15)18-11-4-5-12-13(8-11)21-9-20-12/h4-5,7-8H,3,6,9H2,1-2H3,(H2,16,17,18,19). The van der Waals surface area contributed by atoms with Gasteiger partial charge in [0.05, 0.1) is 0 Å². The molecule has 0 fully saturated rings. The molecule has 110 valence electrons. The Bertz CT molecular complexity index is 646. The lowest BCUT2D eigenvalue weighted by Crippen LogP contribution is -2.06. The Kier molecular flexibility index (Phi) is 3.77. The third kappa shape index (κ3) is 3.16. The van der Waals surface area contributed by atoms with E-state index in [1.54, 1.807) is 0 Å². The van der Waals surface area contributed by atoms with Crippen molar-refractivity contribution in [2.24, 2.45) is 0 Å². The molecule has 0 spiro atoms. The third-order valence-corrected chi connectivity index (χ3v) is 3.03. The van der Waals surface area contributed by atoms with Crippen LogP contribution in [0.5, 0.6) is 11.5 Å². The monoisotopic (exact) mass is 286 g/mol. The molecule has 0 saturated heterocycles. The molecule has 1 aliphatic heterocycles. The molecule has 0 aliphatic carbocycles. The average Bonchev–Trinajstić information content (AvgIpc) is 2.92. The van der Waals surface area contributed by atoms with Gasteiger partial charge in [-0.05, 0) is 25.5 Å². The average molecular weight is 286 g/mol. The number of hydrogen-bond donors (Lipinski definition) is 2. The summed E-state index contributed by atoms with van der Waals surface area (Å²) in [6.07, 6.45) is 1.03. The largest absolute Gasteiger partial charge is 0.454 e. The van der Waals surface area contributed by atoms with Gasteiger partial charge in [-0.1, -0.05) is 6.92 Å². The van der Waals surface area contributed by atoms with Gasteiger partial charge in [0.1, 0.15) is 5.82 Å². The molecule has 0 bridgehead atoms. The van der Waals surface area contributed by atoms with Crippen molar-refractivity contribution in [2.75, 3.05) is 24.0 Å². The van der Waals surface area contributed by atoms with Crippen LogP contribution in [0.3, 0.4) is 0 Å². The molecular formula is C15H18N4O2. The highest BCUT2D eigenvalue weighted by Crippen LogP contribution is 2.34. The molecule has 2 aromatic rings. The minimum atomic E-state index is 0.274. The maximum absolute atomic E-state index is 5.37. The molecule has 21 heavy (non-hydrogen) atoms. The highest BCUT2D eigenvalue weighted by atomic mass is 16.7. The van der Waals surface area contributed by atoms with E-state index < -0.39 is 0 Å². The minimum absolute atomic E-state index is 0.274. The van der Waals surface area contributed by atoms with Crippen LogP contribution in [0.4, 0.5) is 17.5 Å². The summed E-state index contributed by atoms with van der Waals surface area (Å²) in [7, 11) is 0. The highest BCUT2D eigenvalue weighted by molar-refractivity contribution is 5.62. The summed E-state index contributed by atoms with van der Waals surface area (Å²) < 4.78 is 10.7. The molecule has 1 aromatic heterocycles. The first-order valence-corrected chi connectivity index (χ1v) is 7.01. The molecule has 1 aromatic carbocycles. The number of aryl methyl sites for hydroxylation is 1. The lowest BCUT2D eigenvalue weighted by molar-refractivity contribution is 0.174. The van der Waals surface area contributed by atoms with E-state index in [1.165, 1.54) is 0 Å². The van der Waals surface area contributed by atoms with Crippen molar-refractivity contribution in [3.8, 4) is 11.5 Å². The van der Waals surface area contributed by atoms with Gasteiger partial charge in [0.15, 0.2) is 11.5 Å². The molecule has 2 heterocycles. The first kappa shape index (κ1) is 13.5. The van der Waals surface area contributed by atoms with Crippen LogP contribution in [0.15, 0.2) is 24.3 Å². The normalized spacial score (nSPS) is 12.3. The van der Waals surface area contributed by atoms with Crippen LogP contribution < -0.4 is 20.1 Å². The van der Waals surface area contributed by atoms with Crippen LogP contribution >= 0.6 is 0 Å². The van der Waals surface area contributed by atoms with Crippen molar-refractivity contribution >= 4 is 17.5 Å². The fourth-order valence-electron chi connectivity index (χ4n) is 2.07. The van der Waals surface area contributed by atoms with Crippen molar-refractivity contribution in [3.63, 3.8) is 0 Å². The van der Waals surface area contributed by atoms with Gasteiger partial charge < -0.3 is 20.1 Å². The van der Waals surface area contributed by atoms with Gasteiger partial charge in [0.25, 0.3) is 0 Å². The third-order valence-electron chi connectivity index (χ3n) is 3.03. The van der Waals surface area contributed by atoms with Crippen molar-refractivity contribution in [1.82, 2.24) is 9.97 Å². The number of rotatable bonds is 5. The Morgan fingerprint density at radius 3 is 2.86 bits per heavy atom. The van der Waals surface area contributed by atoms with Gasteiger partial charge in [0.2, 0.25) is 12.7 Å². The molecule has 0 unspecified atom stereocenters. The van der Waals surface area contributed by atoms with Crippen molar-refractivity contribution in [1.29, 1.82) is 0 Å². The molecule has 0 amide bonds. The van der Waals surface area contributed by atoms with Gasteiger partial charge in [-0.2, -0.15) is 4.98 Å². The fourth-order valence-corrected chi connectivity index (χ4v) is 2.07. The minimum Gasteiger partial charge on any atom is -0.454 e. The van der Waals surface area contributed by atoms with E-state index in [-0.39, 0.29) is 6.79 Å². The van der Waals surface area contributed by atoms with Crippen molar-refractivity contribution < 1.29 is 9.47 Å². The second-order valence-electron chi connectivity index (χ2n) is 4.84. The lowest BCUT2D eigenvalue weighted by Gasteiger charge is -2.10. The Balaban J connectivity index is 1.79. The van der Waals surface area contributed by atoms with Gasteiger partial charge in [-0.15, -0.1) is 0 Å². The summed E-state index contributed by atoms with van der Waals surface area (Å²) in [5.74, 6) is 2.90. The second-order valence-corrected chi connectivity index (χ2v) is 4.84. The Morgan fingerprint density at radius 1 is 1.14 bits per heavy atom. The van der Waals surface area contributed by atoms with E-state index in [9.17, 15) is 0 Å². The van der Waals surface area contributed by atoms with E-state index in [0.29, 0.717) is 5.95 Å². The number of hydrogen-bond acceptors (Lipinski definition) is 6. The van der Waals surface area contributed by atoms with Crippen LogP contribution in [0, 0.1) is 6.92 Å². The smallest absolute Gasteiger partial charge is 0.231 e. The SMILES string of the molecule is CCCNc1nc(C)cc(Nc2ccc3c(c2)OCO3)n1. The van der Waals surface area contributed by atoms with Gasteiger partial charge in [-0.25, -0.2) is 4.98 Å². The zero-order chi connectivity index (χ0) is 14.7. The summed E-state index contributed by atoms with van der Waals surface area (Å²) in [6, 6.07) is 7.62. The summed E-state index contributed by atoms with van der Waals surface area (Å²) in [5.41, 5.74) is 1.81. The summed E-state index contributed by atoms with van der Waals surface area (Å²) >= 11 is 0. The number of nitrogens with zero attached hydrogens (tertiary/aromatic N) is 2. The van der Waals surface area contributed by atoms with E-state index in [0.717, 1.165) is 41.7 Å². The number of anilines is 3. The van der Waals surface area contributed by atoms with Crippen molar-refractivity contribution in [3.05, 3.63) is 30.0 Å². The summed E-state index contributed by atoms with van der Waals surface area (Å²) in [4.78, 5) is 8.82. The number of benzene rings is 1. The molecule has 0 atom stereocenters. The van der Waals surface area contributed by atoms with E-state index in [1.807, 2.05) is 31.2 Å².